The Kier molecular flexibility index (Phi) is 4.50. The molecule has 5 heteroatoms. The van der Waals surface area contributed by atoms with Crippen LogP contribution in [0.25, 0.3) is 0 Å². The highest BCUT2D eigenvalue weighted by molar-refractivity contribution is 5.16. The highest BCUT2D eigenvalue weighted by atomic mass is 16.3. The first-order valence-electron chi connectivity index (χ1n) is 7.77. The molecular formula is C17H20N4O. The van der Waals surface area contributed by atoms with Crippen LogP contribution in [0.2, 0.25) is 0 Å². The predicted octanol–water partition coefficient (Wildman–Crippen LogP) is 2.29. The number of aromatic nitrogens is 3. The molecule has 1 aliphatic carbocycles. The molecular weight excluding hydrogens is 276 g/mol. The monoisotopic (exact) mass is 296 g/mol. The van der Waals surface area contributed by atoms with Crippen molar-refractivity contribution >= 4 is 0 Å². The smallest absolute Gasteiger partial charge is 0.0853 e. The van der Waals surface area contributed by atoms with Gasteiger partial charge in [0.25, 0.3) is 0 Å². The maximum absolute atomic E-state index is 10.2. The highest BCUT2D eigenvalue weighted by Gasteiger charge is 2.26. The molecule has 0 amide bonds. The summed E-state index contributed by atoms with van der Waals surface area (Å²) in [5.41, 5.74) is 1.93. The molecule has 1 aliphatic rings. The van der Waals surface area contributed by atoms with Gasteiger partial charge in [0, 0.05) is 18.5 Å². The van der Waals surface area contributed by atoms with E-state index < -0.39 is 6.10 Å². The predicted molar refractivity (Wildman–Crippen MR) is 81.9 cm³/mol. The molecule has 1 aromatic heterocycles. The quantitative estimate of drug-likeness (QED) is 0.918. The minimum Gasteiger partial charge on any atom is -0.392 e. The van der Waals surface area contributed by atoms with Crippen LogP contribution in [0, 0.1) is 17.2 Å². The van der Waals surface area contributed by atoms with Gasteiger partial charge in [-0.3, -0.25) is 0 Å². The van der Waals surface area contributed by atoms with E-state index in [4.69, 9.17) is 5.26 Å². The molecule has 1 heterocycles. The Morgan fingerprint density at radius 3 is 2.82 bits per heavy atom. The molecule has 3 rings (SSSR count). The third-order valence-electron chi connectivity index (χ3n) is 4.28. The number of aliphatic hydroxyl groups is 1. The van der Waals surface area contributed by atoms with Crippen molar-refractivity contribution in [3.63, 3.8) is 0 Å². The van der Waals surface area contributed by atoms with Gasteiger partial charge < -0.3 is 5.11 Å². The van der Waals surface area contributed by atoms with Crippen LogP contribution in [0.5, 0.6) is 0 Å². The van der Waals surface area contributed by atoms with Crippen LogP contribution < -0.4 is 0 Å². The molecule has 3 unspecified atom stereocenters. The summed E-state index contributed by atoms with van der Waals surface area (Å²) in [6.45, 7) is 0. The zero-order chi connectivity index (χ0) is 15.4. The molecule has 0 saturated heterocycles. The molecule has 0 radical (unpaired) electrons. The van der Waals surface area contributed by atoms with Crippen molar-refractivity contribution in [3.8, 4) is 6.07 Å². The maximum Gasteiger partial charge on any atom is 0.0853 e. The Labute approximate surface area is 130 Å². The van der Waals surface area contributed by atoms with Gasteiger partial charge in [-0.15, -0.1) is 5.10 Å². The standard InChI is InChI=1S/C17H20N4O/c18-11-14-6-7-16(8-14)21-12-15(19-20-21)10-17(22)9-13-4-2-1-3-5-13/h1-5,12,14,16-17,22H,6-10H2. The number of hydrogen-bond donors (Lipinski definition) is 1. The molecule has 22 heavy (non-hydrogen) atoms. The lowest BCUT2D eigenvalue weighted by atomic mass is 10.0. The molecule has 114 valence electrons. The molecule has 5 nitrogen and oxygen atoms in total. The van der Waals surface area contributed by atoms with Gasteiger partial charge in [-0.05, 0) is 31.2 Å². The summed E-state index contributed by atoms with van der Waals surface area (Å²) in [5.74, 6) is 0.140. The fourth-order valence-electron chi connectivity index (χ4n) is 3.10. The second kappa shape index (κ2) is 6.71. The summed E-state index contributed by atoms with van der Waals surface area (Å²) in [7, 11) is 0. The number of rotatable bonds is 5. The van der Waals surface area contributed by atoms with Crippen molar-refractivity contribution in [1.29, 1.82) is 5.26 Å². The second-order valence-electron chi connectivity index (χ2n) is 6.03. The van der Waals surface area contributed by atoms with E-state index in [2.05, 4.69) is 16.4 Å². The SMILES string of the molecule is N#CC1CCC(n2cc(CC(O)Cc3ccccc3)nn2)C1. The Bertz CT molecular complexity index is 646. The minimum absolute atomic E-state index is 0.140. The third kappa shape index (κ3) is 3.52. The lowest BCUT2D eigenvalue weighted by Crippen LogP contribution is -2.14. The minimum atomic E-state index is -0.456. The summed E-state index contributed by atoms with van der Waals surface area (Å²) in [6.07, 6.45) is 5.35. The summed E-state index contributed by atoms with van der Waals surface area (Å²) in [4.78, 5) is 0. The van der Waals surface area contributed by atoms with Crippen LogP contribution in [0.1, 0.15) is 36.6 Å². The molecule has 1 saturated carbocycles. The van der Waals surface area contributed by atoms with E-state index in [1.165, 1.54) is 0 Å². The number of hydrogen-bond acceptors (Lipinski definition) is 4. The van der Waals surface area contributed by atoms with E-state index in [0.717, 1.165) is 30.5 Å². The first-order valence-corrected chi connectivity index (χ1v) is 7.77. The van der Waals surface area contributed by atoms with E-state index in [9.17, 15) is 5.11 Å². The van der Waals surface area contributed by atoms with Crippen molar-refractivity contribution in [2.45, 2.75) is 44.2 Å². The van der Waals surface area contributed by atoms with Crippen molar-refractivity contribution in [2.75, 3.05) is 0 Å². The lowest BCUT2D eigenvalue weighted by Gasteiger charge is -2.09. The third-order valence-corrected chi connectivity index (χ3v) is 4.28. The van der Waals surface area contributed by atoms with Gasteiger partial charge in [0.2, 0.25) is 0 Å². The molecule has 0 spiro atoms. The molecule has 1 fully saturated rings. The second-order valence-corrected chi connectivity index (χ2v) is 6.03. The van der Waals surface area contributed by atoms with E-state index in [0.29, 0.717) is 12.8 Å². The van der Waals surface area contributed by atoms with Crippen LogP contribution >= 0.6 is 0 Å². The molecule has 2 aromatic rings. The first kappa shape index (κ1) is 14.7. The van der Waals surface area contributed by atoms with Crippen LogP contribution in [-0.2, 0) is 12.8 Å². The van der Waals surface area contributed by atoms with Crippen molar-refractivity contribution < 1.29 is 5.11 Å². The van der Waals surface area contributed by atoms with Crippen molar-refractivity contribution in [3.05, 3.63) is 47.8 Å². The van der Waals surface area contributed by atoms with Crippen LogP contribution in [0.4, 0.5) is 0 Å². The van der Waals surface area contributed by atoms with Gasteiger partial charge in [-0.25, -0.2) is 4.68 Å². The summed E-state index contributed by atoms with van der Waals surface area (Å²) < 4.78 is 1.86. The Morgan fingerprint density at radius 1 is 1.27 bits per heavy atom. The van der Waals surface area contributed by atoms with E-state index >= 15 is 0 Å². The Morgan fingerprint density at radius 2 is 2.09 bits per heavy atom. The number of benzene rings is 1. The maximum atomic E-state index is 10.2. The average Bonchev–Trinajstić information content (AvgIpc) is 3.16. The van der Waals surface area contributed by atoms with Crippen LogP contribution in [0.15, 0.2) is 36.5 Å². The van der Waals surface area contributed by atoms with Crippen LogP contribution in [-0.4, -0.2) is 26.2 Å². The zero-order valence-corrected chi connectivity index (χ0v) is 12.5. The zero-order valence-electron chi connectivity index (χ0n) is 12.5. The molecule has 0 bridgehead atoms. The van der Waals surface area contributed by atoms with Crippen LogP contribution in [0.3, 0.4) is 0 Å². The van der Waals surface area contributed by atoms with Crippen molar-refractivity contribution in [2.24, 2.45) is 5.92 Å². The van der Waals surface area contributed by atoms with Gasteiger partial charge in [0.05, 0.1) is 23.9 Å². The molecule has 1 aromatic carbocycles. The molecule has 3 atom stereocenters. The normalized spacial score (nSPS) is 22.4. The summed E-state index contributed by atoms with van der Waals surface area (Å²) in [5, 5.41) is 27.5. The van der Waals surface area contributed by atoms with Gasteiger partial charge in [-0.1, -0.05) is 35.5 Å². The van der Waals surface area contributed by atoms with Gasteiger partial charge >= 0.3 is 0 Å². The number of aliphatic hydroxyl groups excluding tert-OH is 1. The lowest BCUT2D eigenvalue weighted by molar-refractivity contribution is 0.174. The number of nitrogens with zero attached hydrogens (tertiary/aromatic N) is 4. The Hall–Kier alpha value is -2.19. The first-order chi connectivity index (χ1) is 10.7. The summed E-state index contributed by atoms with van der Waals surface area (Å²) >= 11 is 0. The molecule has 1 N–H and O–H groups in total. The fraction of sp³-hybridized carbons (Fsp3) is 0.471. The van der Waals surface area contributed by atoms with E-state index in [-0.39, 0.29) is 12.0 Å². The topological polar surface area (TPSA) is 74.7 Å². The molecule has 0 aliphatic heterocycles. The largest absolute Gasteiger partial charge is 0.392 e. The average molecular weight is 296 g/mol. The Balaban J connectivity index is 1.57. The van der Waals surface area contributed by atoms with E-state index in [1.54, 1.807) is 0 Å². The van der Waals surface area contributed by atoms with E-state index in [1.807, 2.05) is 41.2 Å². The number of nitriles is 1. The fourth-order valence-corrected chi connectivity index (χ4v) is 3.10. The highest BCUT2D eigenvalue weighted by Crippen LogP contribution is 2.33. The van der Waals surface area contributed by atoms with Gasteiger partial charge in [0.15, 0.2) is 0 Å². The van der Waals surface area contributed by atoms with Gasteiger partial charge in [-0.2, -0.15) is 5.26 Å². The van der Waals surface area contributed by atoms with Crippen molar-refractivity contribution in [1.82, 2.24) is 15.0 Å². The summed E-state index contributed by atoms with van der Waals surface area (Å²) in [6, 6.07) is 12.6. The van der Waals surface area contributed by atoms with Gasteiger partial charge in [0.1, 0.15) is 0 Å².